The zero-order valence-electron chi connectivity index (χ0n) is 14.8. The summed E-state index contributed by atoms with van der Waals surface area (Å²) < 4.78 is 30.3. The summed E-state index contributed by atoms with van der Waals surface area (Å²) in [5, 5.41) is 10.1. The van der Waals surface area contributed by atoms with Gasteiger partial charge in [0.1, 0.15) is 0 Å². The molecule has 0 spiro atoms. The number of aliphatic hydroxyl groups is 1. The summed E-state index contributed by atoms with van der Waals surface area (Å²) in [6.07, 6.45) is 4.19. The maximum atomic E-state index is 13.0. The Morgan fingerprint density at radius 3 is 2.44 bits per heavy atom. The van der Waals surface area contributed by atoms with E-state index in [2.05, 4.69) is 4.90 Å². The van der Waals surface area contributed by atoms with E-state index in [4.69, 9.17) is 4.52 Å². The molecule has 150 valence electrons. The van der Waals surface area contributed by atoms with E-state index in [1.165, 1.54) is 18.2 Å². The average molecular weight is 417 g/mol. The normalized spacial score (nSPS) is 26.5. The van der Waals surface area contributed by atoms with Gasteiger partial charge in [-0.3, -0.25) is 13.7 Å². The first-order chi connectivity index (χ1) is 12.7. The van der Waals surface area contributed by atoms with Crippen LogP contribution in [0.4, 0.5) is 0 Å². The Kier molecular flexibility index (Phi) is 6.11. The molecule has 0 aromatic heterocycles. The smallest absolute Gasteiger partial charge is 0.356 e. The summed E-state index contributed by atoms with van der Waals surface area (Å²) in [5.41, 5.74) is 0.453. The lowest BCUT2D eigenvalue weighted by atomic mass is 10.1. The molecule has 1 saturated heterocycles. The van der Waals surface area contributed by atoms with Crippen LogP contribution in [-0.4, -0.2) is 50.6 Å². The highest BCUT2D eigenvalue weighted by Gasteiger charge is 2.63. The molecule has 3 unspecified atom stereocenters. The maximum Gasteiger partial charge on any atom is 0.356 e. The van der Waals surface area contributed by atoms with Gasteiger partial charge >= 0.3 is 15.2 Å². The van der Waals surface area contributed by atoms with E-state index in [1.54, 1.807) is 12.1 Å². The van der Waals surface area contributed by atoms with Gasteiger partial charge in [-0.2, -0.15) is 0 Å². The first-order valence-electron chi connectivity index (χ1n) is 8.93. The second-order valence-electron chi connectivity index (χ2n) is 6.96. The average Bonchev–Trinajstić information content (AvgIpc) is 3.02. The number of likely N-dealkylation sites (tertiary alicyclic amines) is 1. The van der Waals surface area contributed by atoms with E-state index in [-0.39, 0.29) is 12.0 Å². The van der Waals surface area contributed by atoms with Gasteiger partial charge in [-0.25, -0.2) is 0 Å². The van der Waals surface area contributed by atoms with Crippen LogP contribution in [0, 0.1) is 0 Å². The molecule has 0 bridgehead atoms. The molecule has 2 aliphatic rings. The fourth-order valence-electron chi connectivity index (χ4n) is 3.71. The van der Waals surface area contributed by atoms with Gasteiger partial charge in [-0.1, -0.05) is 36.8 Å². The van der Waals surface area contributed by atoms with Crippen molar-refractivity contribution in [2.24, 2.45) is 0 Å². The number of hydrogen-bond donors (Lipinski definition) is 4. The summed E-state index contributed by atoms with van der Waals surface area (Å²) in [5.74, 6) is 0. The van der Waals surface area contributed by atoms with E-state index < -0.39 is 26.4 Å². The molecule has 1 aromatic rings. The van der Waals surface area contributed by atoms with Crippen LogP contribution in [0.15, 0.2) is 30.3 Å². The van der Waals surface area contributed by atoms with Crippen LogP contribution in [0.3, 0.4) is 0 Å². The molecule has 1 aromatic carbocycles. The van der Waals surface area contributed by atoms with Crippen molar-refractivity contribution in [3.63, 3.8) is 0 Å². The molecule has 0 saturated carbocycles. The van der Waals surface area contributed by atoms with Gasteiger partial charge in [-0.15, -0.1) is 0 Å². The quantitative estimate of drug-likeness (QED) is 0.394. The third-order valence-electron chi connectivity index (χ3n) is 5.13. The Hall–Kier alpha value is -0.820. The predicted octanol–water partition coefficient (Wildman–Crippen LogP) is 2.44. The Labute approximate surface area is 158 Å². The molecule has 4 N–H and O–H groups in total. The molecular weight excluding hydrogens is 392 g/mol. The van der Waals surface area contributed by atoms with Gasteiger partial charge in [0.25, 0.3) is 0 Å². The first kappa shape index (κ1) is 20.9. The van der Waals surface area contributed by atoms with Crippen molar-refractivity contribution in [1.82, 2.24) is 4.90 Å². The van der Waals surface area contributed by atoms with Gasteiger partial charge in [0.15, 0.2) is 6.29 Å². The van der Waals surface area contributed by atoms with Crippen molar-refractivity contribution in [2.75, 3.05) is 19.6 Å². The predicted molar refractivity (Wildman–Crippen MR) is 101 cm³/mol. The van der Waals surface area contributed by atoms with Crippen LogP contribution in [0.2, 0.25) is 0 Å². The minimum absolute atomic E-state index is 0.0207. The number of allylic oxidation sites excluding steroid dienone is 1. The highest BCUT2D eigenvalue weighted by atomic mass is 31.2. The van der Waals surface area contributed by atoms with E-state index in [1.807, 2.05) is 0 Å². The highest BCUT2D eigenvalue weighted by molar-refractivity contribution is 7.72. The van der Waals surface area contributed by atoms with Gasteiger partial charge in [0.2, 0.25) is 4.90 Å². The van der Waals surface area contributed by atoms with Gasteiger partial charge in [0.05, 0.1) is 0 Å². The summed E-state index contributed by atoms with van der Waals surface area (Å²) in [6.45, 7) is 2.27. The van der Waals surface area contributed by atoms with E-state index in [0.717, 1.165) is 38.4 Å². The summed E-state index contributed by atoms with van der Waals surface area (Å²) in [7, 11) is -10.1. The van der Waals surface area contributed by atoms with Crippen LogP contribution in [-0.2, 0) is 18.6 Å². The van der Waals surface area contributed by atoms with Crippen molar-refractivity contribution in [1.29, 1.82) is 0 Å². The third kappa shape index (κ3) is 4.00. The summed E-state index contributed by atoms with van der Waals surface area (Å²) in [4.78, 5) is 30.1. The van der Waals surface area contributed by atoms with Crippen molar-refractivity contribution in [3.05, 3.63) is 41.5 Å². The molecule has 8 nitrogen and oxygen atoms in total. The monoisotopic (exact) mass is 417 g/mol. The number of fused-ring (bicyclic) bond motifs is 1. The molecule has 10 heteroatoms. The Morgan fingerprint density at radius 2 is 1.78 bits per heavy atom. The second kappa shape index (κ2) is 7.90. The lowest BCUT2D eigenvalue weighted by Crippen LogP contribution is -2.33. The number of aliphatic hydroxyl groups excluding tert-OH is 1. The number of nitrogens with zero attached hydrogens (tertiary/aromatic N) is 1. The van der Waals surface area contributed by atoms with E-state index in [9.17, 15) is 28.9 Å². The van der Waals surface area contributed by atoms with Crippen LogP contribution in [0.25, 0.3) is 6.08 Å². The van der Waals surface area contributed by atoms with Crippen molar-refractivity contribution in [3.8, 4) is 0 Å². The molecule has 1 aliphatic carbocycles. The lowest BCUT2D eigenvalue weighted by Gasteiger charge is -2.34. The van der Waals surface area contributed by atoms with Crippen LogP contribution in [0.5, 0.6) is 0 Å². The van der Waals surface area contributed by atoms with Gasteiger partial charge < -0.3 is 24.7 Å². The number of rotatable bonds is 7. The molecule has 1 aliphatic heterocycles. The number of piperidine rings is 1. The van der Waals surface area contributed by atoms with Crippen LogP contribution >= 0.6 is 15.2 Å². The second-order valence-corrected chi connectivity index (χ2v) is 11.1. The standard InChI is InChI=1S/C17H25NO7P2/c19-16(9-13-18-11-4-1-5-12-18)25-27(23,24)17(26(20,21)22)10-8-14-6-2-3-7-15(14)17/h2-3,6-8,10,16,19H,1,4-5,9,11-13H2,(H,23,24)(H2,20,21,22). The molecule has 0 amide bonds. The van der Waals surface area contributed by atoms with Gasteiger partial charge in [-0.05, 0) is 43.1 Å². The molecule has 1 fully saturated rings. The molecule has 27 heavy (non-hydrogen) atoms. The molecule has 0 radical (unpaired) electrons. The lowest BCUT2D eigenvalue weighted by molar-refractivity contribution is -0.0377. The van der Waals surface area contributed by atoms with Crippen LogP contribution < -0.4 is 0 Å². The fourth-order valence-corrected chi connectivity index (χ4v) is 7.32. The van der Waals surface area contributed by atoms with Crippen molar-refractivity contribution < 1.29 is 33.4 Å². The Bertz CT molecular complexity index is 802. The van der Waals surface area contributed by atoms with Gasteiger partial charge in [0, 0.05) is 13.0 Å². The zero-order valence-corrected chi connectivity index (χ0v) is 16.6. The SMILES string of the molecule is O=P(O)(O)C1(P(=O)(O)OC(O)CCN2CCCCC2)C=Cc2ccccc21. The van der Waals surface area contributed by atoms with E-state index in [0.29, 0.717) is 12.1 Å². The largest absolute Gasteiger partial charge is 0.367 e. The number of hydrogen-bond acceptors (Lipinski definition) is 5. The Morgan fingerprint density at radius 1 is 1.11 bits per heavy atom. The molecule has 3 atom stereocenters. The summed E-state index contributed by atoms with van der Waals surface area (Å²) >= 11 is 0. The summed E-state index contributed by atoms with van der Waals surface area (Å²) in [6, 6.07) is 6.18. The minimum atomic E-state index is -5.15. The van der Waals surface area contributed by atoms with E-state index >= 15 is 0 Å². The fraction of sp³-hybridized carbons (Fsp3) is 0.529. The molecular formula is C17H25NO7P2. The minimum Gasteiger partial charge on any atom is -0.367 e. The molecule has 1 heterocycles. The van der Waals surface area contributed by atoms with Crippen molar-refractivity contribution >= 4 is 21.3 Å². The highest BCUT2D eigenvalue weighted by Crippen LogP contribution is 2.79. The first-order valence-corrected chi connectivity index (χ1v) is 12.1. The van der Waals surface area contributed by atoms with Crippen molar-refractivity contribution in [2.45, 2.75) is 36.9 Å². The van der Waals surface area contributed by atoms with Crippen LogP contribution in [0.1, 0.15) is 36.8 Å². The topological polar surface area (TPSA) is 128 Å². The maximum absolute atomic E-state index is 13.0. The third-order valence-corrected chi connectivity index (χ3v) is 9.73. The Balaban J connectivity index is 1.80. The zero-order chi connectivity index (χ0) is 19.7. The molecule has 3 rings (SSSR count). The number of benzene rings is 1.